The Hall–Kier alpha value is -1.69. The number of H-pyrrole nitrogens is 1. The second-order valence-corrected chi connectivity index (χ2v) is 5.22. The Bertz CT molecular complexity index is 766. The molecule has 2 heterocycles. The number of halogens is 1. The van der Waals surface area contributed by atoms with Crippen LogP contribution in [0.3, 0.4) is 0 Å². The van der Waals surface area contributed by atoms with Crippen molar-refractivity contribution >= 4 is 33.5 Å². The monoisotopic (exact) mass is 348 g/mol. The summed E-state index contributed by atoms with van der Waals surface area (Å²) >= 11 is 2.27. The largest absolute Gasteiger partial charge is 0.322 e. The maximum Gasteiger partial charge on any atom is 0.249 e. The third-order valence-electron chi connectivity index (χ3n) is 2.80. The number of fused-ring (bicyclic) bond motifs is 1. The Balaban J connectivity index is 2.41. The van der Waals surface area contributed by atoms with Crippen LogP contribution in [-0.2, 0) is 0 Å². The van der Waals surface area contributed by atoms with E-state index < -0.39 is 0 Å². The first kappa shape index (κ1) is 11.4. The Morgan fingerprint density at radius 3 is 2.61 bits per heavy atom. The number of hydrogen-bond donors (Lipinski definition) is 1. The van der Waals surface area contributed by atoms with Crippen LogP contribution in [0.25, 0.3) is 22.0 Å². The van der Waals surface area contributed by atoms with Gasteiger partial charge < -0.3 is 4.98 Å². The van der Waals surface area contributed by atoms with Gasteiger partial charge in [0.2, 0.25) is 5.56 Å². The van der Waals surface area contributed by atoms with Crippen LogP contribution in [0.5, 0.6) is 0 Å². The third-order valence-corrected chi connectivity index (χ3v) is 3.47. The summed E-state index contributed by atoms with van der Waals surface area (Å²) in [7, 11) is 0. The molecule has 0 aliphatic rings. The van der Waals surface area contributed by atoms with Gasteiger partial charge in [-0.25, -0.2) is 0 Å². The maximum absolute atomic E-state index is 11.7. The van der Waals surface area contributed by atoms with Gasteiger partial charge >= 0.3 is 0 Å². The second-order valence-electron chi connectivity index (χ2n) is 3.97. The minimum Gasteiger partial charge on any atom is -0.322 e. The van der Waals surface area contributed by atoms with Crippen molar-refractivity contribution in [3.63, 3.8) is 0 Å². The quantitative estimate of drug-likeness (QED) is 0.687. The van der Waals surface area contributed by atoms with E-state index >= 15 is 0 Å². The Kier molecular flexibility index (Phi) is 2.87. The molecule has 2 aromatic heterocycles. The van der Waals surface area contributed by atoms with E-state index in [9.17, 15) is 4.79 Å². The summed E-state index contributed by atoms with van der Waals surface area (Å²) < 4.78 is 1.14. The summed E-state index contributed by atoms with van der Waals surface area (Å²) in [6, 6.07) is 11.4. The molecule has 4 heteroatoms. The molecule has 0 amide bonds. The molecule has 3 rings (SSSR count). The van der Waals surface area contributed by atoms with Crippen LogP contribution < -0.4 is 5.56 Å². The molecule has 18 heavy (non-hydrogen) atoms. The van der Waals surface area contributed by atoms with Crippen molar-refractivity contribution in [2.75, 3.05) is 0 Å². The molecule has 3 aromatic rings. The van der Waals surface area contributed by atoms with E-state index in [0.717, 1.165) is 25.6 Å². The molecule has 0 radical (unpaired) electrons. The summed E-state index contributed by atoms with van der Waals surface area (Å²) in [5.74, 6) is 0. The van der Waals surface area contributed by atoms with Crippen LogP contribution >= 0.6 is 22.6 Å². The number of hydrogen-bond acceptors (Lipinski definition) is 2. The number of rotatable bonds is 1. The average Bonchev–Trinajstić information content (AvgIpc) is 2.39. The van der Waals surface area contributed by atoms with Crippen LogP contribution in [0.1, 0.15) is 0 Å². The minimum absolute atomic E-state index is 0.0875. The van der Waals surface area contributed by atoms with Crippen molar-refractivity contribution in [1.82, 2.24) is 9.97 Å². The van der Waals surface area contributed by atoms with Gasteiger partial charge in [0, 0.05) is 32.9 Å². The van der Waals surface area contributed by atoms with Crippen molar-refractivity contribution in [2.24, 2.45) is 0 Å². The highest BCUT2D eigenvalue weighted by atomic mass is 127. The Labute approximate surface area is 117 Å². The van der Waals surface area contributed by atoms with E-state index in [1.165, 1.54) is 0 Å². The van der Waals surface area contributed by atoms with E-state index in [1.807, 2.05) is 24.3 Å². The normalized spacial score (nSPS) is 10.7. The van der Waals surface area contributed by atoms with Gasteiger partial charge in [-0.15, -0.1) is 0 Å². The van der Waals surface area contributed by atoms with Gasteiger partial charge in [0.1, 0.15) is 0 Å². The fourth-order valence-electron chi connectivity index (χ4n) is 2.00. The number of pyridine rings is 2. The number of benzene rings is 1. The Morgan fingerprint density at radius 2 is 1.83 bits per heavy atom. The molecule has 0 aliphatic carbocycles. The molecule has 88 valence electrons. The molecular formula is C14H9IN2O. The highest BCUT2D eigenvalue weighted by molar-refractivity contribution is 14.1. The molecule has 0 atom stereocenters. The van der Waals surface area contributed by atoms with Gasteiger partial charge in [0.25, 0.3) is 0 Å². The van der Waals surface area contributed by atoms with Gasteiger partial charge in [-0.3, -0.25) is 9.78 Å². The molecule has 0 spiro atoms. The molecule has 0 saturated carbocycles. The predicted molar refractivity (Wildman–Crippen MR) is 80.5 cm³/mol. The second kappa shape index (κ2) is 4.53. The van der Waals surface area contributed by atoms with E-state index in [-0.39, 0.29) is 5.56 Å². The van der Waals surface area contributed by atoms with Gasteiger partial charge in [-0.1, -0.05) is 0 Å². The van der Waals surface area contributed by atoms with Gasteiger partial charge in [-0.05, 0) is 64.0 Å². The zero-order chi connectivity index (χ0) is 12.5. The molecule has 0 fully saturated rings. The molecule has 3 nitrogen and oxygen atoms in total. The topological polar surface area (TPSA) is 45.8 Å². The maximum atomic E-state index is 11.7. The fraction of sp³-hybridized carbons (Fsp3) is 0. The molecule has 0 saturated heterocycles. The summed E-state index contributed by atoms with van der Waals surface area (Å²) in [6.45, 7) is 0. The van der Waals surface area contributed by atoms with Crippen LogP contribution in [-0.4, -0.2) is 9.97 Å². The standard InChI is InChI=1S/C14H9IN2O/c15-10-1-2-13-12(7-10)11(8-14(18)17-13)9-3-5-16-6-4-9/h1-8H,(H,17,18). The first-order chi connectivity index (χ1) is 8.74. The smallest absolute Gasteiger partial charge is 0.249 e. The van der Waals surface area contributed by atoms with Gasteiger partial charge in [0.05, 0.1) is 0 Å². The SMILES string of the molecule is O=c1cc(-c2ccncc2)c2cc(I)ccc2[nH]1. The Morgan fingerprint density at radius 1 is 1.06 bits per heavy atom. The first-order valence-electron chi connectivity index (χ1n) is 5.47. The van der Waals surface area contributed by atoms with Crippen LogP contribution in [0.4, 0.5) is 0 Å². The van der Waals surface area contributed by atoms with E-state index in [2.05, 4.69) is 38.6 Å². The lowest BCUT2D eigenvalue weighted by molar-refractivity contribution is 1.30. The minimum atomic E-state index is -0.0875. The molecule has 0 unspecified atom stereocenters. The van der Waals surface area contributed by atoms with E-state index in [4.69, 9.17) is 0 Å². The van der Waals surface area contributed by atoms with Gasteiger partial charge in [-0.2, -0.15) is 0 Å². The van der Waals surface area contributed by atoms with Crippen molar-refractivity contribution in [2.45, 2.75) is 0 Å². The highest BCUT2D eigenvalue weighted by Gasteiger charge is 2.06. The van der Waals surface area contributed by atoms with Crippen molar-refractivity contribution in [3.05, 3.63) is 62.7 Å². The van der Waals surface area contributed by atoms with Crippen LogP contribution in [0, 0.1) is 3.57 Å². The molecule has 1 aromatic carbocycles. The summed E-state index contributed by atoms with van der Waals surface area (Å²) in [5.41, 5.74) is 2.71. The molecule has 1 N–H and O–H groups in total. The van der Waals surface area contributed by atoms with Gasteiger partial charge in [0.15, 0.2) is 0 Å². The van der Waals surface area contributed by atoms with Crippen molar-refractivity contribution in [1.29, 1.82) is 0 Å². The fourth-order valence-corrected chi connectivity index (χ4v) is 2.49. The van der Waals surface area contributed by atoms with Crippen molar-refractivity contribution in [3.8, 4) is 11.1 Å². The number of nitrogens with one attached hydrogen (secondary N) is 1. The highest BCUT2D eigenvalue weighted by Crippen LogP contribution is 2.26. The average molecular weight is 348 g/mol. The van der Waals surface area contributed by atoms with E-state index in [1.54, 1.807) is 18.5 Å². The van der Waals surface area contributed by atoms with E-state index in [0.29, 0.717) is 0 Å². The van der Waals surface area contributed by atoms with Crippen molar-refractivity contribution < 1.29 is 0 Å². The summed E-state index contributed by atoms with van der Waals surface area (Å²) in [5, 5.41) is 1.05. The molecule has 0 aliphatic heterocycles. The lowest BCUT2D eigenvalue weighted by Crippen LogP contribution is -2.04. The first-order valence-corrected chi connectivity index (χ1v) is 6.55. The number of aromatic nitrogens is 2. The zero-order valence-electron chi connectivity index (χ0n) is 9.35. The van der Waals surface area contributed by atoms with Crippen LogP contribution in [0.2, 0.25) is 0 Å². The number of nitrogens with zero attached hydrogens (tertiary/aromatic N) is 1. The molecule has 0 bridgehead atoms. The summed E-state index contributed by atoms with van der Waals surface area (Å²) in [6.07, 6.45) is 3.46. The lowest BCUT2D eigenvalue weighted by atomic mass is 10.0. The number of aromatic amines is 1. The summed E-state index contributed by atoms with van der Waals surface area (Å²) in [4.78, 5) is 18.5. The predicted octanol–water partition coefficient (Wildman–Crippen LogP) is 3.19. The zero-order valence-corrected chi connectivity index (χ0v) is 11.5. The van der Waals surface area contributed by atoms with Crippen LogP contribution in [0.15, 0.2) is 53.6 Å². The third kappa shape index (κ3) is 2.03. The lowest BCUT2D eigenvalue weighted by Gasteiger charge is -2.06. The molecular weight excluding hydrogens is 339 g/mol.